The third kappa shape index (κ3) is 2.14. The summed E-state index contributed by atoms with van der Waals surface area (Å²) < 4.78 is 16.3. The highest BCUT2D eigenvalue weighted by molar-refractivity contribution is 9.10. The standard InChI is InChI=1S/C13H15BrFN3S/c1-19-13(3-2-4-13)7-18-11-6-9(15)8(14)5-10(11)17-12(18)16/h5-6H,2-4,7H2,1H3,(H2,16,17). The van der Waals surface area contributed by atoms with Crippen molar-refractivity contribution in [2.45, 2.75) is 30.6 Å². The molecule has 1 fully saturated rings. The average molecular weight is 344 g/mol. The largest absolute Gasteiger partial charge is 0.369 e. The van der Waals surface area contributed by atoms with Crippen molar-refractivity contribution in [3.05, 3.63) is 22.4 Å². The first-order chi connectivity index (χ1) is 9.04. The van der Waals surface area contributed by atoms with Crippen LogP contribution in [0.1, 0.15) is 19.3 Å². The minimum Gasteiger partial charge on any atom is -0.369 e. The smallest absolute Gasteiger partial charge is 0.201 e. The van der Waals surface area contributed by atoms with Gasteiger partial charge in [-0.1, -0.05) is 6.42 Å². The van der Waals surface area contributed by atoms with Crippen LogP contribution in [-0.4, -0.2) is 20.6 Å². The number of nitrogen functional groups attached to an aromatic ring is 1. The molecular weight excluding hydrogens is 329 g/mol. The summed E-state index contributed by atoms with van der Waals surface area (Å²) in [5.41, 5.74) is 7.51. The van der Waals surface area contributed by atoms with E-state index in [-0.39, 0.29) is 10.6 Å². The lowest BCUT2D eigenvalue weighted by molar-refractivity contribution is 0.326. The lowest BCUT2D eigenvalue weighted by Gasteiger charge is -2.40. The van der Waals surface area contributed by atoms with Crippen LogP contribution in [0.25, 0.3) is 11.0 Å². The molecule has 0 bridgehead atoms. The van der Waals surface area contributed by atoms with E-state index in [9.17, 15) is 4.39 Å². The van der Waals surface area contributed by atoms with Gasteiger partial charge in [0.25, 0.3) is 0 Å². The fraction of sp³-hybridized carbons (Fsp3) is 0.462. The number of aromatic nitrogens is 2. The summed E-state index contributed by atoms with van der Waals surface area (Å²) in [7, 11) is 0. The molecule has 1 aromatic carbocycles. The fourth-order valence-corrected chi connectivity index (χ4v) is 3.88. The van der Waals surface area contributed by atoms with Crippen LogP contribution in [0.2, 0.25) is 0 Å². The Hall–Kier alpha value is -0.750. The SMILES string of the molecule is CSC1(Cn2c(N)nc3cc(Br)c(F)cc32)CCC1. The highest BCUT2D eigenvalue weighted by Crippen LogP contribution is 2.45. The monoisotopic (exact) mass is 343 g/mol. The molecule has 3 rings (SSSR count). The summed E-state index contributed by atoms with van der Waals surface area (Å²) in [6.45, 7) is 0.803. The molecule has 1 heterocycles. The second-order valence-corrected chi connectivity index (χ2v) is 7.18. The van der Waals surface area contributed by atoms with Crippen LogP contribution < -0.4 is 5.73 Å². The lowest BCUT2D eigenvalue weighted by Crippen LogP contribution is -2.38. The zero-order valence-corrected chi connectivity index (χ0v) is 13.0. The number of nitrogens with two attached hydrogens (primary N) is 1. The third-order valence-corrected chi connectivity index (χ3v) is 5.97. The lowest BCUT2D eigenvalue weighted by atomic mass is 9.84. The summed E-state index contributed by atoms with van der Waals surface area (Å²) in [6.07, 6.45) is 5.76. The molecule has 0 radical (unpaired) electrons. The molecule has 1 aliphatic carbocycles. The van der Waals surface area contributed by atoms with Gasteiger partial charge in [-0.3, -0.25) is 0 Å². The maximum atomic E-state index is 13.7. The second kappa shape index (κ2) is 4.66. The van der Waals surface area contributed by atoms with Crippen LogP contribution in [-0.2, 0) is 6.54 Å². The predicted octanol–water partition coefficient (Wildman–Crippen LogP) is 3.81. The van der Waals surface area contributed by atoms with Gasteiger partial charge in [0.1, 0.15) is 5.82 Å². The molecule has 0 atom stereocenters. The Kier molecular flexibility index (Phi) is 3.25. The summed E-state index contributed by atoms with van der Waals surface area (Å²) >= 11 is 5.06. The maximum absolute atomic E-state index is 13.7. The van der Waals surface area contributed by atoms with E-state index >= 15 is 0 Å². The molecule has 0 aliphatic heterocycles. The zero-order chi connectivity index (χ0) is 13.6. The summed E-state index contributed by atoms with van der Waals surface area (Å²) in [6, 6.07) is 3.19. The molecule has 0 spiro atoms. The van der Waals surface area contributed by atoms with Gasteiger partial charge in [-0.05, 0) is 41.1 Å². The molecule has 3 nitrogen and oxygen atoms in total. The van der Waals surface area contributed by atoms with Gasteiger partial charge in [0.15, 0.2) is 0 Å². The molecule has 2 N–H and O–H groups in total. The Morgan fingerprint density at radius 3 is 2.84 bits per heavy atom. The Balaban J connectivity index is 2.07. The molecule has 1 saturated carbocycles. The first kappa shape index (κ1) is 13.2. The van der Waals surface area contributed by atoms with Gasteiger partial charge in [0, 0.05) is 17.4 Å². The summed E-state index contributed by atoms with van der Waals surface area (Å²) in [5, 5.41) is 0. The molecule has 0 amide bonds. The Labute approximate surface area is 123 Å². The molecular formula is C13H15BrFN3S. The van der Waals surface area contributed by atoms with Gasteiger partial charge >= 0.3 is 0 Å². The number of imidazole rings is 1. The molecule has 0 saturated heterocycles. The van der Waals surface area contributed by atoms with E-state index in [0.717, 1.165) is 17.6 Å². The van der Waals surface area contributed by atoms with Crippen LogP contribution in [0.3, 0.4) is 0 Å². The van der Waals surface area contributed by atoms with Crippen LogP contribution in [0.15, 0.2) is 16.6 Å². The molecule has 102 valence electrons. The topological polar surface area (TPSA) is 43.8 Å². The van der Waals surface area contributed by atoms with Crippen molar-refractivity contribution in [2.75, 3.05) is 12.0 Å². The Morgan fingerprint density at radius 2 is 2.26 bits per heavy atom. The quantitative estimate of drug-likeness (QED) is 0.921. The minimum absolute atomic E-state index is 0.241. The van der Waals surface area contributed by atoms with Crippen molar-refractivity contribution >= 4 is 44.7 Å². The summed E-state index contributed by atoms with van der Waals surface area (Å²) in [4.78, 5) is 4.33. The zero-order valence-electron chi connectivity index (χ0n) is 10.6. The van der Waals surface area contributed by atoms with Gasteiger partial charge in [-0.2, -0.15) is 11.8 Å². The van der Waals surface area contributed by atoms with E-state index in [2.05, 4.69) is 27.2 Å². The summed E-state index contributed by atoms with van der Waals surface area (Å²) in [5.74, 6) is 0.188. The van der Waals surface area contributed by atoms with Crippen LogP contribution in [0, 0.1) is 5.82 Å². The molecule has 0 unspecified atom stereocenters. The van der Waals surface area contributed by atoms with Gasteiger partial charge in [-0.25, -0.2) is 9.37 Å². The fourth-order valence-electron chi connectivity index (χ4n) is 2.59. The van der Waals surface area contributed by atoms with Gasteiger partial charge in [0.2, 0.25) is 5.95 Å². The predicted molar refractivity (Wildman–Crippen MR) is 81.9 cm³/mol. The molecule has 1 aliphatic rings. The van der Waals surface area contributed by atoms with E-state index in [4.69, 9.17) is 5.73 Å². The number of rotatable bonds is 3. The normalized spacial score (nSPS) is 17.6. The van der Waals surface area contributed by atoms with Crippen molar-refractivity contribution in [2.24, 2.45) is 0 Å². The third-order valence-electron chi connectivity index (χ3n) is 3.96. The molecule has 2 aromatic rings. The van der Waals surface area contributed by atoms with Crippen LogP contribution in [0.4, 0.5) is 10.3 Å². The van der Waals surface area contributed by atoms with Gasteiger partial charge < -0.3 is 10.3 Å². The van der Waals surface area contributed by atoms with Gasteiger partial charge in [-0.15, -0.1) is 0 Å². The average Bonchev–Trinajstić information content (AvgIpc) is 2.61. The van der Waals surface area contributed by atoms with Crippen molar-refractivity contribution in [3.63, 3.8) is 0 Å². The molecule has 6 heteroatoms. The molecule has 1 aromatic heterocycles. The Morgan fingerprint density at radius 1 is 1.53 bits per heavy atom. The number of hydrogen-bond donors (Lipinski definition) is 1. The number of anilines is 1. The number of thioether (sulfide) groups is 1. The van der Waals surface area contributed by atoms with E-state index < -0.39 is 0 Å². The van der Waals surface area contributed by atoms with Crippen molar-refractivity contribution < 1.29 is 4.39 Å². The minimum atomic E-state index is -0.277. The second-order valence-electron chi connectivity index (χ2n) is 5.05. The van der Waals surface area contributed by atoms with Crippen molar-refractivity contribution in [1.29, 1.82) is 0 Å². The van der Waals surface area contributed by atoms with E-state index in [1.807, 2.05) is 16.3 Å². The Bertz CT molecular complexity index is 631. The van der Waals surface area contributed by atoms with E-state index in [1.54, 1.807) is 6.07 Å². The van der Waals surface area contributed by atoms with Crippen LogP contribution in [0.5, 0.6) is 0 Å². The first-order valence-corrected chi connectivity index (χ1v) is 8.22. The highest BCUT2D eigenvalue weighted by atomic mass is 79.9. The van der Waals surface area contributed by atoms with Gasteiger partial charge in [0.05, 0.1) is 15.5 Å². The maximum Gasteiger partial charge on any atom is 0.201 e. The van der Waals surface area contributed by atoms with Crippen molar-refractivity contribution in [1.82, 2.24) is 9.55 Å². The highest BCUT2D eigenvalue weighted by Gasteiger charge is 2.37. The molecule has 19 heavy (non-hydrogen) atoms. The van der Waals surface area contributed by atoms with E-state index in [0.29, 0.717) is 10.4 Å². The number of benzene rings is 1. The van der Waals surface area contributed by atoms with Crippen LogP contribution >= 0.6 is 27.7 Å². The van der Waals surface area contributed by atoms with Crippen molar-refractivity contribution in [3.8, 4) is 0 Å². The van der Waals surface area contributed by atoms with E-state index in [1.165, 1.54) is 25.3 Å². The number of nitrogens with zero attached hydrogens (tertiary/aromatic N) is 2. The number of fused-ring (bicyclic) bond motifs is 1. The number of halogens is 2. The first-order valence-electron chi connectivity index (χ1n) is 6.21. The number of hydrogen-bond acceptors (Lipinski definition) is 3.